The molecule has 0 unspecified atom stereocenters. The number of imidazole rings is 1. The van der Waals surface area contributed by atoms with Gasteiger partial charge in [0.25, 0.3) is 0 Å². The Labute approximate surface area is 165 Å². The van der Waals surface area contributed by atoms with Gasteiger partial charge >= 0.3 is 6.16 Å². The average Bonchev–Trinajstić information content (AvgIpc) is 3.37. The highest BCUT2D eigenvalue weighted by Crippen LogP contribution is 2.37. The van der Waals surface area contributed by atoms with E-state index >= 15 is 0 Å². The van der Waals surface area contributed by atoms with Crippen molar-refractivity contribution < 1.29 is 19.0 Å². The van der Waals surface area contributed by atoms with Crippen LogP contribution in [0.15, 0.2) is 67.3 Å². The molecule has 4 rings (SSSR count). The molecular weight excluding hydrogens is 375 g/mol. The number of halogens is 1. The van der Waals surface area contributed by atoms with Crippen LogP contribution >= 0.6 is 0 Å². The molecule has 8 heteroatoms. The number of hydrogen-bond acceptors (Lipinski definition) is 4. The smallest absolute Gasteiger partial charge is 0.449 e. The second kappa shape index (κ2) is 7.59. The first kappa shape index (κ1) is 18.4. The van der Waals surface area contributed by atoms with E-state index in [2.05, 4.69) is 10.1 Å². The molecule has 0 aliphatic carbocycles. The Balaban J connectivity index is 1.90. The second-order valence-electron chi connectivity index (χ2n) is 6.22. The van der Waals surface area contributed by atoms with Gasteiger partial charge in [0.15, 0.2) is 5.75 Å². The normalized spacial score (nSPS) is 10.8. The standard InChI is InChI=1S/C21H17FN4O3/c1-2-18-20(29-21(27)28)19(16-5-3-4-6-17(16)22)26(24-18)15-9-7-14(8-10-15)25-12-11-23-13-25/h3-13H,2H2,1H3,(H,27,28). The molecule has 29 heavy (non-hydrogen) atoms. The Morgan fingerprint density at radius 3 is 2.48 bits per heavy atom. The lowest BCUT2D eigenvalue weighted by Gasteiger charge is -2.11. The van der Waals surface area contributed by atoms with Gasteiger partial charge in [-0.15, -0.1) is 0 Å². The van der Waals surface area contributed by atoms with Gasteiger partial charge in [0.05, 0.1) is 12.0 Å². The number of rotatable bonds is 5. The predicted molar refractivity (Wildman–Crippen MR) is 104 cm³/mol. The molecule has 7 nitrogen and oxygen atoms in total. The molecule has 0 aliphatic heterocycles. The number of hydrogen-bond donors (Lipinski definition) is 1. The Hall–Kier alpha value is -3.94. The van der Waals surface area contributed by atoms with Crippen LogP contribution in [0.1, 0.15) is 12.6 Å². The zero-order valence-electron chi connectivity index (χ0n) is 15.5. The average molecular weight is 392 g/mol. The zero-order chi connectivity index (χ0) is 20.4. The molecule has 0 bridgehead atoms. The molecule has 2 aromatic carbocycles. The summed E-state index contributed by atoms with van der Waals surface area (Å²) in [6, 6.07) is 13.5. The van der Waals surface area contributed by atoms with Crippen molar-refractivity contribution in [2.24, 2.45) is 0 Å². The van der Waals surface area contributed by atoms with Crippen molar-refractivity contribution in [3.05, 3.63) is 78.8 Å². The van der Waals surface area contributed by atoms with E-state index in [0.717, 1.165) is 5.69 Å². The van der Waals surface area contributed by atoms with Crippen LogP contribution in [-0.2, 0) is 6.42 Å². The summed E-state index contributed by atoms with van der Waals surface area (Å²) in [5.41, 5.74) is 2.40. The first-order valence-electron chi connectivity index (χ1n) is 8.94. The monoisotopic (exact) mass is 392 g/mol. The Morgan fingerprint density at radius 1 is 1.14 bits per heavy atom. The van der Waals surface area contributed by atoms with Crippen LogP contribution in [0.25, 0.3) is 22.6 Å². The molecule has 1 N–H and O–H groups in total. The fourth-order valence-electron chi connectivity index (χ4n) is 3.13. The summed E-state index contributed by atoms with van der Waals surface area (Å²) in [6.45, 7) is 1.83. The third-order valence-corrected chi connectivity index (χ3v) is 4.46. The van der Waals surface area contributed by atoms with Gasteiger partial charge < -0.3 is 14.4 Å². The highest BCUT2D eigenvalue weighted by atomic mass is 19.1. The van der Waals surface area contributed by atoms with E-state index in [4.69, 9.17) is 4.74 Å². The number of carboxylic acid groups (broad SMARTS) is 1. The summed E-state index contributed by atoms with van der Waals surface area (Å²) in [7, 11) is 0. The SMILES string of the molecule is CCc1nn(-c2ccc(-n3ccnc3)cc2)c(-c2ccccc2F)c1OC(=O)O. The Kier molecular flexibility index (Phi) is 4.82. The van der Waals surface area contributed by atoms with E-state index in [9.17, 15) is 14.3 Å². The highest BCUT2D eigenvalue weighted by molar-refractivity contribution is 5.75. The van der Waals surface area contributed by atoms with Gasteiger partial charge in [-0.1, -0.05) is 19.1 Å². The van der Waals surface area contributed by atoms with Crippen molar-refractivity contribution in [1.29, 1.82) is 0 Å². The minimum Gasteiger partial charge on any atom is -0.449 e. The van der Waals surface area contributed by atoms with Gasteiger partial charge in [-0.05, 0) is 42.8 Å². The summed E-state index contributed by atoms with van der Waals surface area (Å²) in [4.78, 5) is 15.3. The summed E-state index contributed by atoms with van der Waals surface area (Å²) < 4.78 is 23.0. The van der Waals surface area contributed by atoms with Gasteiger partial charge in [0, 0.05) is 23.6 Å². The van der Waals surface area contributed by atoms with E-state index in [1.165, 1.54) is 10.7 Å². The number of carbonyl (C=O) groups is 1. The maximum absolute atomic E-state index is 14.6. The Morgan fingerprint density at radius 2 is 1.86 bits per heavy atom. The van der Waals surface area contributed by atoms with Crippen LogP contribution in [0, 0.1) is 5.82 Å². The molecule has 0 saturated heterocycles. The molecule has 0 atom stereocenters. The quantitative estimate of drug-likeness (QED) is 0.506. The lowest BCUT2D eigenvalue weighted by atomic mass is 10.1. The minimum atomic E-state index is -1.48. The molecule has 0 spiro atoms. The van der Waals surface area contributed by atoms with E-state index in [0.29, 0.717) is 17.8 Å². The largest absolute Gasteiger partial charge is 0.511 e. The number of ether oxygens (including phenoxy) is 1. The van der Waals surface area contributed by atoms with Crippen LogP contribution in [-0.4, -0.2) is 30.6 Å². The highest BCUT2D eigenvalue weighted by Gasteiger charge is 2.25. The van der Waals surface area contributed by atoms with Crippen LogP contribution < -0.4 is 4.74 Å². The number of nitrogens with zero attached hydrogens (tertiary/aromatic N) is 4. The van der Waals surface area contributed by atoms with Gasteiger partial charge in [0.1, 0.15) is 17.2 Å². The van der Waals surface area contributed by atoms with Crippen molar-refractivity contribution in [2.45, 2.75) is 13.3 Å². The summed E-state index contributed by atoms with van der Waals surface area (Å²) in [6.07, 6.45) is 4.13. The van der Waals surface area contributed by atoms with Gasteiger partial charge in [-0.3, -0.25) is 0 Å². The molecule has 0 radical (unpaired) electrons. The lowest BCUT2D eigenvalue weighted by Crippen LogP contribution is -2.06. The van der Waals surface area contributed by atoms with Crippen LogP contribution in [0.5, 0.6) is 5.75 Å². The third-order valence-electron chi connectivity index (χ3n) is 4.46. The van der Waals surface area contributed by atoms with Crippen molar-refractivity contribution in [3.8, 4) is 28.4 Å². The molecule has 0 saturated carbocycles. The van der Waals surface area contributed by atoms with Crippen molar-refractivity contribution in [3.63, 3.8) is 0 Å². The molecule has 2 heterocycles. The maximum atomic E-state index is 14.6. The van der Waals surface area contributed by atoms with Crippen LogP contribution in [0.2, 0.25) is 0 Å². The van der Waals surface area contributed by atoms with Crippen molar-refractivity contribution in [2.75, 3.05) is 0 Å². The lowest BCUT2D eigenvalue weighted by molar-refractivity contribution is 0.144. The summed E-state index contributed by atoms with van der Waals surface area (Å²) >= 11 is 0. The molecule has 0 aliphatic rings. The molecule has 146 valence electrons. The number of aryl methyl sites for hydroxylation is 1. The van der Waals surface area contributed by atoms with E-state index in [1.807, 2.05) is 42.0 Å². The fourth-order valence-corrected chi connectivity index (χ4v) is 3.13. The molecule has 0 amide bonds. The van der Waals surface area contributed by atoms with Gasteiger partial charge in [-0.2, -0.15) is 5.10 Å². The Bertz CT molecular complexity index is 1150. The summed E-state index contributed by atoms with van der Waals surface area (Å²) in [5, 5.41) is 13.7. The number of aromatic nitrogens is 4. The van der Waals surface area contributed by atoms with Crippen molar-refractivity contribution in [1.82, 2.24) is 19.3 Å². The number of benzene rings is 2. The summed E-state index contributed by atoms with van der Waals surface area (Å²) in [5.74, 6) is -0.467. The maximum Gasteiger partial charge on any atom is 0.511 e. The van der Waals surface area contributed by atoms with Gasteiger partial charge in [-0.25, -0.2) is 18.9 Å². The van der Waals surface area contributed by atoms with E-state index in [1.54, 1.807) is 30.7 Å². The molecule has 0 fully saturated rings. The topological polar surface area (TPSA) is 82.2 Å². The fraction of sp³-hybridized carbons (Fsp3) is 0.0952. The van der Waals surface area contributed by atoms with E-state index in [-0.39, 0.29) is 17.0 Å². The molecular formula is C21H17FN4O3. The van der Waals surface area contributed by atoms with Gasteiger partial charge in [0.2, 0.25) is 0 Å². The third kappa shape index (κ3) is 3.47. The van der Waals surface area contributed by atoms with E-state index < -0.39 is 12.0 Å². The van der Waals surface area contributed by atoms with Crippen LogP contribution in [0.4, 0.5) is 9.18 Å². The first-order valence-corrected chi connectivity index (χ1v) is 8.94. The molecule has 2 aromatic heterocycles. The molecule has 4 aromatic rings. The first-order chi connectivity index (χ1) is 14.1. The predicted octanol–water partition coefficient (Wildman–Crippen LogP) is 4.48. The second-order valence-corrected chi connectivity index (χ2v) is 6.22. The van der Waals surface area contributed by atoms with Crippen molar-refractivity contribution >= 4 is 6.16 Å². The minimum absolute atomic E-state index is 0.0313. The van der Waals surface area contributed by atoms with Crippen LogP contribution in [0.3, 0.4) is 0 Å². The zero-order valence-corrected chi connectivity index (χ0v) is 15.5.